The van der Waals surface area contributed by atoms with Crippen molar-refractivity contribution >= 4 is 13.7 Å². The van der Waals surface area contributed by atoms with E-state index in [4.69, 9.17) is 9.05 Å². The Balaban J connectivity index is 4.46. The summed E-state index contributed by atoms with van der Waals surface area (Å²) >= 11 is 0. The molecule has 368 valence electrons. The van der Waals surface area contributed by atoms with E-state index in [0.717, 1.165) is 64.2 Å². The van der Waals surface area contributed by atoms with Gasteiger partial charge in [0.05, 0.1) is 39.9 Å². The van der Waals surface area contributed by atoms with Crippen LogP contribution in [0.1, 0.15) is 194 Å². The zero-order valence-electron chi connectivity index (χ0n) is 41.7. The van der Waals surface area contributed by atoms with Gasteiger partial charge in [-0.1, -0.05) is 201 Å². The van der Waals surface area contributed by atoms with Crippen LogP contribution < -0.4 is 5.32 Å². The average molecular weight is 914 g/mol. The van der Waals surface area contributed by atoms with Crippen molar-refractivity contribution < 1.29 is 32.9 Å². The van der Waals surface area contributed by atoms with E-state index in [1.807, 2.05) is 27.2 Å². The van der Waals surface area contributed by atoms with E-state index in [9.17, 15) is 19.4 Å². The summed E-state index contributed by atoms with van der Waals surface area (Å²) < 4.78 is 23.6. The van der Waals surface area contributed by atoms with Crippen LogP contribution in [0.3, 0.4) is 0 Å². The van der Waals surface area contributed by atoms with Gasteiger partial charge in [0, 0.05) is 6.42 Å². The van der Waals surface area contributed by atoms with Crippen molar-refractivity contribution in [2.45, 2.75) is 206 Å². The number of phosphoric ester groups is 1. The number of aliphatic hydroxyl groups is 1. The standard InChI is InChI=1S/C55H97N2O6P/c1-6-8-10-12-14-16-18-20-22-24-25-26-27-28-29-30-31-33-34-36-38-40-42-44-46-48-54(58)53(52-63-64(60,61)62-51-50-57(3,4)5)56-55(59)49-47-45-43-41-39-37-35-32-23-21-19-17-15-13-11-9-7-2/h9,11,15,17,21,23,31,33,35,37-38,40-41,43,46,48,53-54,58H,6-8,10,12-14,16,18-20,22,24-30,32,34,36,39,42,44-45,47,49-52H2,1-5H3,(H-,56,59,60,61)/p+1/b11-9-,17-15-,23-21-,33-31+,37-35-,40-38+,43-41-,48-46+. The number of carbonyl (C=O) groups excluding carboxylic acids is 1. The van der Waals surface area contributed by atoms with Crippen LogP contribution in [0.4, 0.5) is 0 Å². The summed E-state index contributed by atoms with van der Waals surface area (Å²) in [7, 11) is 1.49. The van der Waals surface area contributed by atoms with Crippen LogP contribution in [-0.2, 0) is 18.4 Å². The third-order valence-electron chi connectivity index (χ3n) is 10.8. The third-order valence-corrected chi connectivity index (χ3v) is 11.7. The minimum Gasteiger partial charge on any atom is -0.387 e. The first-order valence-corrected chi connectivity index (χ1v) is 27.1. The number of amides is 1. The van der Waals surface area contributed by atoms with Crippen LogP contribution in [0.15, 0.2) is 97.2 Å². The predicted molar refractivity (Wildman–Crippen MR) is 276 cm³/mol. The predicted octanol–water partition coefficient (Wildman–Crippen LogP) is 15.1. The van der Waals surface area contributed by atoms with Crippen molar-refractivity contribution in [3.8, 4) is 0 Å². The molecule has 0 fully saturated rings. The minimum atomic E-state index is -4.38. The van der Waals surface area contributed by atoms with E-state index in [0.29, 0.717) is 17.4 Å². The first kappa shape index (κ1) is 61.4. The number of nitrogens with one attached hydrogen (secondary N) is 1. The number of rotatable bonds is 45. The molecule has 0 aromatic carbocycles. The number of aliphatic hydroxyl groups excluding tert-OH is 1. The Labute approximate surface area is 394 Å². The van der Waals surface area contributed by atoms with Gasteiger partial charge in [-0.2, -0.15) is 0 Å². The Hall–Kier alpha value is -2.58. The highest BCUT2D eigenvalue weighted by molar-refractivity contribution is 7.47. The third kappa shape index (κ3) is 47.4. The number of likely N-dealkylation sites (N-methyl/N-ethyl adjacent to an activating group) is 1. The van der Waals surface area contributed by atoms with Gasteiger partial charge >= 0.3 is 7.82 Å². The van der Waals surface area contributed by atoms with Crippen molar-refractivity contribution in [1.82, 2.24) is 5.32 Å². The van der Waals surface area contributed by atoms with Crippen LogP contribution >= 0.6 is 7.82 Å². The second-order valence-corrected chi connectivity index (χ2v) is 19.6. The number of hydrogen-bond acceptors (Lipinski definition) is 5. The number of hydrogen-bond donors (Lipinski definition) is 3. The normalized spacial score (nSPS) is 14.9. The molecule has 64 heavy (non-hydrogen) atoms. The van der Waals surface area contributed by atoms with E-state index in [1.165, 1.54) is 103 Å². The fraction of sp³-hybridized carbons (Fsp3) is 0.691. The van der Waals surface area contributed by atoms with E-state index >= 15 is 0 Å². The van der Waals surface area contributed by atoms with Gasteiger partial charge in [0.25, 0.3) is 0 Å². The molecular formula is C55H98N2O6P+. The van der Waals surface area contributed by atoms with Crippen LogP contribution in [0.5, 0.6) is 0 Å². The molecule has 0 bridgehead atoms. The molecule has 0 aliphatic rings. The molecule has 9 heteroatoms. The summed E-state index contributed by atoms with van der Waals surface area (Å²) in [6.45, 7) is 4.62. The molecule has 0 saturated heterocycles. The smallest absolute Gasteiger partial charge is 0.387 e. The number of nitrogens with zero attached hydrogens (tertiary/aromatic N) is 1. The molecule has 0 radical (unpaired) electrons. The van der Waals surface area contributed by atoms with Gasteiger partial charge in [0.2, 0.25) is 5.91 Å². The van der Waals surface area contributed by atoms with Gasteiger partial charge < -0.3 is 19.8 Å². The lowest BCUT2D eigenvalue weighted by molar-refractivity contribution is -0.870. The topological polar surface area (TPSA) is 105 Å². The maximum absolute atomic E-state index is 12.9. The van der Waals surface area contributed by atoms with Crippen LogP contribution in [0.25, 0.3) is 0 Å². The highest BCUT2D eigenvalue weighted by Crippen LogP contribution is 2.43. The van der Waals surface area contributed by atoms with Crippen molar-refractivity contribution in [3.63, 3.8) is 0 Å². The highest BCUT2D eigenvalue weighted by atomic mass is 31.2. The van der Waals surface area contributed by atoms with E-state index in [2.05, 4.69) is 104 Å². The number of unbranched alkanes of at least 4 members (excludes halogenated alkanes) is 18. The van der Waals surface area contributed by atoms with Gasteiger partial charge in [-0.05, 0) is 83.5 Å². The number of allylic oxidation sites excluding steroid dienone is 15. The summed E-state index contributed by atoms with van der Waals surface area (Å²) in [6, 6.07) is -0.906. The fourth-order valence-electron chi connectivity index (χ4n) is 6.76. The molecule has 0 aliphatic heterocycles. The Morgan fingerprint density at radius 2 is 0.953 bits per heavy atom. The molecule has 1 amide bonds. The summed E-state index contributed by atoms with van der Waals surface area (Å²) in [5.74, 6) is -0.251. The van der Waals surface area contributed by atoms with Gasteiger partial charge in [-0.25, -0.2) is 4.57 Å². The highest BCUT2D eigenvalue weighted by Gasteiger charge is 2.27. The Morgan fingerprint density at radius 3 is 1.44 bits per heavy atom. The van der Waals surface area contributed by atoms with Crippen molar-refractivity contribution in [3.05, 3.63) is 97.2 Å². The molecule has 3 unspecified atom stereocenters. The van der Waals surface area contributed by atoms with Crippen molar-refractivity contribution in [2.24, 2.45) is 0 Å². The number of phosphoric acid groups is 1. The Morgan fingerprint density at radius 1 is 0.547 bits per heavy atom. The lowest BCUT2D eigenvalue weighted by atomic mass is 10.0. The maximum atomic E-state index is 12.9. The van der Waals surface area contributed by atoms with E-state index < -0.39 is 20.0 Å². The van der Waals surface area contributed by atoms with Gasteiger partial charge in [-0.3, -0.25) is 13.8 Å². The molecule has 0 saturated carbocycles. The summed E-state index contributed by atoms with van der Waals surface area (Å²) in [5.41, 5.74) is 0. The Kier molecular flexibility index (Phi) is 43.7. The Bertz CT molecular complexity index is 1360. The minimum absolute atomic E-state index is 0.0376. The summed E-state index contributed by atoms with van der Waals surface area (Å²) in [4.78, 5) is 23.2. The molecule has 8 nitrogen and oxygen atoms in total. The SMILES string of the molecule is CC/C=C\C/C=C\C/C=C\C/C=C\C/C=C\CCCC(=O)NC(COP(=O)(O)OCC[N+](C)(C)C)C(O)/C=C/CC/C=C/CC/C=C/CCCCCCCCCCCCCCCCC. The maximum Gasteiger partial charge on any atom is 0.472 e. The lowest BCUT2D eigenvalue weighted by Gasteiger charge is -2.25. The summed E-state index contributed by atoms with van der Waals surface area (Å²) in [6.07, 6.45) is 65.1. The second-order valence-electron chi connectivity index (χ2n) is 18.1. The molecule has 0 heterocycles. The van der Waals surface area contributed by atoms with E-state index in [1.54, 1.807) is 6.08 Å². The fourth-order valence-corrected chi connectivity index (χ4v) is 7.49. The van der Waals surface area contributed by atoms with Crippen molar-refractivity contribution in [1.29, 1.82) is 0 Å². The molecule has 0 rings (SSSR count). The molecule has 0 aliphatic carbocycles. The molecule has 3 atom stereocenters. The van der Waals surface area contributed by atoms with Gasteiger partial charge in [0.15, 0.2) is 0 Å². The zero-order valence-corrected chi connectivity index (χ0v) is 42.6. The second kappa shape index (κ2) is 45.6. The van der Waals surface area contributed by atoms with Crippen LogP contribution in [0.2, 0.25) is 0 Å². The molecular weight excluding hydrogens is 816 g/mol. The number of carbonyl (C=O) groups is 1. The van der Waals surface area contributed by atoms with Crippen LogP contribution in [0, 0.1) is 0 Å². The first-order valence-electron chi connectivity index (χ1n) is 25.6. The quantitative estimate of drug-likeness (QED) is 0.0243. The van der Waals surface area contributed by atoms with Gasteiger partial charge in [0.1, 0.15) is 13.2 Å². The molecule has 0 aromatic rings. The molecule has 3 N–H and O–H groups in total. The first-order chi connectivity index (χ1) is 31.0. The number of quaternary nitrogens is 1. The van der Waals surface area contributed by atoms with Crippen molar-refractivity contribution in [2.75, 3.05) is 40.9 Å². The molecule has 0 spiro atoms. The van der Waals surface area contributed by atoms with Crippen LogP contribution in [-0.4, -0.2) is 73.4 Å². The average Bonchev–Trinajstić information content (AvgIpc) is 3.25. The zero-order chi connectivity index (χ0) is 47.1. The van der Waals surface area contributed by atoms with Gasteiger partial charge in [-0.15, -0.1) is 0 Å². The summed E-state index contributed by atoms with van der Waals surface area (Å²) in [5, 5.41) is 13.8. The van der Waals surface area contributed by atoms with E-state index in [-0.39, 0.29) is 25.5 Å². The largest absolute Gasteiger partial charge is 0.472 e. The lowest BCUT2D eigenvalue weighted by Crippen LogP contribution is -2.45. The monoisotopic (exact) mass is 914 g/mol. The molecule has 0 aromatic heterocycles.